The summed E-state index contributed by atoms with van der Waals surface area (Å²) in [5.41, 5.74) is 2.11. The third-order valence-corrected chi connectivity index (χ3v) is 6.80. The molecule has 28 heavy (non-hydrogen) atoms. The lowest BCUT2D eigenvalue weighted by atomic mass is 9.98. The number of amides is 1. The lowest BCUT2D eigenvalue weighted by molar-refractivity contribution is -0.133. The smallest absolute Gasteiger partial charge is 0.236 e. The fraction of sp³-hybridized carbons (Fsp3) is 0.364. The number of likely N-dealkylation sites (tertiary alicyclic amines) is 1. The Morgan fingerprint density at radius 2 is 2.04 bits per heavy atom. The van der Waals surface area contributed by atoms with Crippen LogP contribution in [0.1, 0.15) is 29.3 Å². The van der Waals surface area contributed by atoms with Gasteiger partial charge in [0.15, 0.2) is 0 Å². The minimum absolute atomic E-state index is 0.181. The van der Waals surface area contributed by atoms with Crippen molar-refractivity contribution in [3.63, 3.8) is 0 Å². The van der Waals surface area contributed by atoms with Gasteiger partial charge in [-0.3, -0.25) is 9.69 Å². The van der Waals surface area contributed by atoms with Gasteiger partial charge in [-0.25, -0.2) is 4.98 Å². The molecule has 1 amide bonds. The molecule has 6 heteroatoms. The molecule has 0 aliphatic carbocycles. The number of piperidine rings is 1. The number of carbonyl (C=O) groups is 1. The Bertz CT molecular complexity index is 940. The summed E-state index contributed by atoms with van der Waals surface area (Å²) in [5.74, 6) is 0.518. The number of thiazole rings is 1. The summed E-state index contributed by atoms with van der Waals surface area (Å²) in [7, 11) is 1.97. The van der Waals surface area contributed by atoms with E-state index in [0.717, 1.165) is 47.0 Å². The van der Waals surface area contributed by atoms with Gasteiger partial charge in [0.2, 0.25) is 5.91 Å². The van der Waals surface area contributed by atoms with E-state index in [4.69, 9.17) is 16.6 Å². The summed E-state index contributed by atoms with van der Waals surface area (Å²) in [5, 5.41) is 1.90. The van der Waals surface area contributed by atoms with Crippen molar-refractivity contribution in [2.75, 3.05) is 26.7 Å². The van der Waals surface area contributed by atoms with Gasteiger partial charge in [-0.15, -0.1) is 11.3 Å². The molecule has 0 saturated carbocycles. The van der Waals surface area contributed by atoms with Crippen molar-refractivity contribution in [1.29, 1.82) is 0 Å². The summed E-state index contributed by atoms with van der Waals surface area (Å²) in [6.45, 7) is 2.66. The highest BCUT2D eigenvalue weighted by molar-refractivity contribution is 7.18. The Morgan fingerprint density at radius 3 is 2.86 bits per heavy atom. The zero-order valence-corrected chi connectivity index (χ0v) is 17.5. The largest absolute Gasteiger partial charge is 0.341 e. The molecule has 0 spiro atoms. The number of halogens is 1. The van der Waals surface area contributed by atoms with Gasteiger partial charge in [0.1, 0.15) is 0 Å². The number of hydrogen-bond donors (Lipinski definition) is 0. The highest BCUT2D eigenvalue weighted by Crippen LogP contribution is 2.33. The van der Waals surface area contributed by atoms with E-state index in [1.54, 1.807) is 11.3 Å². The van der Waals surface area contributed by atoms with Gasteiger partial charge in [-0.2, -0.15) is 0 Å². The molecular weight excluding hydrogens is 390 g/mol. The molecule has 0 bridgehead atoms. The van der Waals surface area contributed by atoms with E-state index in [2.05, 4.69) is 18.2 Å². The second-order valence-corrected chi connectivity index (χ2v) is 8.93. The van der Waals surface area contributed by atoms with Crippen LogP contribution in [0, 0.1) is 0 Å². The highest BCUT2D eigenvalue weighted by atomic mass is 35.5. The molecule has 1 aliphatic rings. The Kier molecular flexibility index (Phi) is 5.95. The number of nitrogens with zero attached hydrogens (tertiary/aromatic N) is 3. The fourth-order valence-electron chi connectivity index (χ4n) is 3.77. The van der Waals surface area contributed by atoms with Crippen molar-refractivity contribution in [3.8, 4) is 0 Å². The maximum absolute atomic E-state index is 12.9. The van der Waals surface area contributed by atoms with Gasteiger partial charge < -0.3 is 4.90 Å². The van der Waals surface area contributed by atoms with Crippen LogP contribution in [0.5, 0.6) is 0 Å². The van der Waals surface area contributed by atoms with Crippen LogP contribution in [0.25, 0.3) is 10.2 Å². The van der Waals surface area contributed by atoms with Gasteiger partial charge in [0.25, 0.3) is 0 Å². The first-order valence-electron chi connectivity index (χ1n) is 9.65. The van der Waals surface area contributed by atoms with Crippen molar-refractivity contribution in [3.05, 3.63) is 64.1 Å². The van der Waals surface area contributed by atoms with Crippen LogP contribution < -0.4 is 0 Å². The lowest BCUT2D eigenvalue weighted by Crippen LogP contribution is -2.43. The van der Waals surface area contributed by atoms with Crippen LogP contribution in [0.4, 0.5) is 0 Å². The Labute approximate surface area is 174 Å². The van der Waals surface area contributed by atoms with Crippen LogP contribution in [0.3, 0.4) is 0 Å². The second kappa shape index (κ2) is 8.60. The van der Waals surface area contributed by atoms with Crippen molar-refractivity contribution in [1.82, 2.24) is 14.8 Å². The van der Waals surface area contributed by atoms with E-state index < -0.39 is 0 Å². The van der Waals surface area contributed by atoms with Gasteiger partial charge >= 0.3 is 0 Å². The number of hydrogen-bond acceptors (Lipinski definition) is 4. The van der Waals surface area contributed by atoms with E-state index in [1.165, 1.54) is 4.70 Å². The third-order valence-electron chi connectivity index (χ3n) is 5.24. The van der Waals surface area contributed by atoms with E-state index in [0.29, 0.717) is 19.0 Å². The van der Waals surface area contributed by atoms with E-state index in [1.807, 2.05) is 47.2 Å². The standard InChI is InChI=1S/C22H24ClN3OS/c1-25(13-16-7-2-3-9-18(16)23)15-21(27)26-12-6-8-17(14-26)22-24-19-10-4-5-11-20(19)28-22/h2-5,7,9-11,17H,6,8,12-15H2,1H3/t17-/m1/s1. The van der Waals surface area contributed by atoms with E-state index in [9.17, 15) is 4.79 Å². The quantitative estimate of drug-likeness (QED) is 0.603. The lowest BCUT2D eigenvalue weighted by Gasteiger charge is -2.33. The minimum Gasteiger partial charge on any atom is -0.341 e. The summed E-state index contributed by atoms with van der Waals surface area (Å²) in [6, 6.07) is 16.0. The molecule has 3 aromatic rings. The Balaban J connectivity index is 1.38. The number of carbonyl (C=O) groups excluding carboxylic acids is 1. The fourth-order valence-corrected chi connectivity index (χ4v) is 5.06. The number of aromatic nitrogens is 1. The first kappa shape index (κ1) is 19.4. The van der Waals surface area contributed by atoms with Crippen LogP contribution in [0.15, 0.2) is 48.5 Å². The zero-order valence-electron chi connectivity index (χ0n) is 16.0. The summed E-state index contributed by atoms with van der Waals surface area (Å²) in [6.07, 6.45) is 2.12. The molecule has 4 nitrogen and oxygen atoms in total. The zero-order chi connectivity index (χ0) is 19.5. The van der Waals surface area contributed by atoms with E-state index in [-0.39, 0.29) is 5.91 Å². The van der Waals surface area contributed by atoms with Crippen molar-refractivity contribution in [2.45, 2.75) is 25.3 Å². The Morgan fingerprint density at radius 1 is 1.25 bits per heavy atom. The maximum Gasteiger partial charge on any atom is 0.236 e. The van der Waals surface area contributed by atoms with Gasteiger partial charge in [0, 0.05) is 30.6 Å². The monoisotopic (exact) mass is 413 g/mol. The minimum atomic E-state index is 0.181. The topological polar surface area (TPSA) is 36.4 Å². The van der Waals surface area contributed by atoms with Crippen molar-refractivity contribution < 1.29 is 4.79 Å². The molecule has 2 aromatic carbocycles. The number of rotatable bonds is 5. The van der Waals surface area contributed by atoms with Crippen LogP contribution in [0.2, 0.25) is 5.02 Å². The first-order valence-corrected chi connectivity index (χ1v) is 10.8. The van der Waals surface area contributed by atoms with Crippen LogP contribution >= 0.6 is 22.9 Å². The summed E-state index contributed by atoms with van der Waals surface area (Å²) < 4.78 is 1.22. The second-order valence-electron chi connectivity index (χ2n) is 7.46. The van der Waals surface area contributed by atoms with Crippen LogP contribution in [-0.2, 0) is 11.3 Å². The highest BCUT2D eigenvalue weighted by Gasteiger charge is 2.27. The van der Waals surface area contributed by atoms with Crippen molar-refractivity contribution in [2.24, 2.45) is 0 Å². The predicted octanol–water partition coefficient (Wildman–Crippen LogP) is 4.79. The van der Waals surface area contributed by atoms with Gasteiger partial charge in [-0.05, 0) is 43.7 Å². The summed E-state index contributed by atoms with van der Waals surface area (Å²) in [4.78, 5) is 21.7. The molecule has 0 unspecified atom stereocenters. The average Bonchev–Trinajstić information content (AvgIpc) is 3.14. The van der Waals surface area contributed by atoms with E-state index >= 15 is 0 Å². The molecule has 1 aromatic heterocycles. The molecule has 1 aliphatic heterocycles. The van der Waals surface area contributed by atoms with Gasteiger partial charge in [0.05, 0.1) is 21.8 Å². The molecule has 1 saturated heterocycles. The molecule has 4 rings (SSSR count). The molecule has 0 radical (unpaired) electrons. The Hall–Kier alpha value is -1.95. The average molecular weight is 414 g/mol. The normalized spacial score (nSPS) is 17.4. The summed E-state index contributed by atoms with van der Waals surface area (Å²) >= 11 is 8.01. The molecule has 1 fully saturated rings. The number of fused-ring (bicyclic) bond motifs is 1. The van der Waals surface area contributed by atoms with Gasteiger partial charge in [-0.1, -0.05) is 41.9 Å². The SMILES string of the molecule is CN(CC(=O)N1CCC[C@@H](c2nc3ccccc3s2)C1)Cc1ccccc1Cl. The molecule has 2 heterocycles. The number of benzene rings is 2. The van der Waals surface area contributed by atoms with Crippen LogP contribution in [-0.4, -0.2) is 47.4 Å². The number of likely N-dealkylation sites (N-methyl/N-ethyl adjacent to an activating group) is 1. The maximum atomic E-state index is 12.9. The first-order chi connectivity index (χ1) is 13.6. The predicted molar refractivity (Wildman–Crippen MR) is 116 cm³/mol. The molecule has 1 atom stereocenters. The third kappa shape index (κ3) is 4.37. The molecule has 146 valence electrons. The number of para-hydroxylation sites is 1. The van der Waals surface area contributed by atoms with Crippen molar-refractivity contribution >= 4 is 39.1 Å². The molecular formula is C22H24ClN3OS. The molecule has 0 N–H and O–H groups in total.